The van der Waals surface area contributed by atoms with Crippen molar-refractivity contribution in [1.82, 2.24) is 5.43 Å². The molecule has 1 fully saturated rings. The molecule has 3 aromatic carbocycles. The Kier molecular flexibility index (Phi) is 6.33. The van der Waals surface area contributed by atoms with Crippen LogP contribution in [-0.4, -0.2) is 25.2 Å². The van der Waals surface area contributed by atoms with Gasteiger partial charge in [-0.15, -0.1) is 0 Å². The number of anilines is 1. The first-order valence-electron chi connectivity index (χ1n) is 10.9. The largest absolute Gasteiger partial charge is 0.490 e. The Morgan fingerprint density at radius 2 is 1.77 bits per heavy atom. The number of carbonyl (C=O) groups excluding carboxylic acids is 2. The number of hydrogen-bond donors (Lipinski definition) is 1. The molecule has 0 radical (unpaired) electrons. The molecule has 0 spiro atoms. The highest BCUT2D eigenvalue weighted by atomic mass is 79.9. The van der Waals surface area contributed by atoms with Gasteiger partial charge in [0.2, 0.25) is 6.79 Å². The second kappa shape index (κ2) is 9.71. The minimum atomic E-state index is -0.480. The summed E-state index contributed by atoms with van der Waals surface area (Å²) < 4.78 is 23.2. The number of halogens is 1. The van der Waals surface area contributed by atoms with E-state index in [0.29, 0.717) is 45.3 Å². The Hall–Kier alpha value is -3.98. The van der Waals surface area contributed by atoms with E-state index in [2.05, 4.69) is 21.4 Å². The summed E-state index contributed by atoms with van der Waals surface area (Å²) in [6.07, 6.45) is 1.54. The number of nitrogens with zero attached hydrogens (tertiary/aromatic N) is 1. The number of carbonyl (C=O) groups is 2. The van der Waals surface area contributed by atoms with E-state index in [-0.39, 0.29) is 19.0 Å². The quantitative estimate of drug-likeness (QED) is 0.350. The van der Waals surface area contributed by atoms with Gasteiger partial charge in [0.25, 0.3) is 11.8 Å². The highest BCUT2D eigenvalue weighted by molar-refractivity contribution is 9.10. The molecule has 2 aliphatic heterocycles. The van der Waals surface area contributed by atoms with Crippen molar-refractivity contribution in [2.75, 3.05) is 18.4 Å². The number of ether oxygens (including phenoxy) is 4. The van der Waals surface area contributed by atoms with Crippen molar-refractivity contribution in [2.24, 2.45) is 0 Å². The summed E-state index contributed by atoms with van der Waals surface area (Å²) in [6, 6.07) is 18.0. The maximum atomic E-state index is 12.9. The summed E-state index contributed by atoms with van der Waals surface area (Å²) in [5.74, 6) is 1.49. The minimum Gasteiger partial charge on any atom is -0.490 e. The summed E-state index contributed by atoms with van der Waals surface area (Å²) in [5, 5.41) is 1.23. The summed E-state index contributed by atoms with van der Waals surface area (Å²) in [6.45, 7) is 2.78. The Bertz CT molecular complexity index is 1320. The number of fused-ring (bicyclic) bond motifs is 1. The second-order valence-corrected chi connectivity index (χ2v) is 8.56. The van der Waals surface area contributed by atoms with Crippen molar-refractivity contribution in [1.29, 1.82) is 0 Å². The van der Waals surface area contributed by atoms with E-state index in [9.17, 15) is 9.59 Å². The molecule has 35 heavy (non-hydrogen) atoms. The van der Waals surface area contributed by atoms with Gasteiger partial charge < -0.3 is 18.9 Å². The predicted octanol–water partition coefficient (Wildman–Crippen LogP) is 4.62. The van der Waals surface area contributed by atoms with Gasteiger partial charge in [-0.3, -0.25) is 15.0 Å². The monoisotopic (exact) mass is 536 g/mol. The van der Waals surface area contributed by atoms with Gasteiger partial charge in [-0.25, -0.2) is 5.01 Å². The molecule has 178 valence electrons. The lowest BCUT2D eigenvalue weighted by molar-refractivity contribution is -0.117. The molecule has 2 amide bonds. The van der Waals surface area contributed by atoms with Crippen LogP contribution < -0.4 is 29.4 Å². The lowest BCUT2D eigenvalue weighted by atomic mass is 10.1. The molecule has 0 saturated carbocycles. The van der Waals surface area contributed by atoms with Crippen LogP contribution in [0.3, 0.4) is 0 Å². The number of para-hydroxylation sites is 1. The number of nitrogens with one attached hydrogen (secondary N) is 1. The van der Waals surface area contributed by atoms with E-state index in [1.165, 1.54) is 11.1 Å². The fraction of sp³-hybridized carbons (Fsp3) is 0.154. The van der Waals surface area contributed by atoms with E-state index in [1.807, 2.05) is 31.2 Å². The Morgan fingerprint density at radius 1 is 1.00 bits per heavy atom. The van der Waals surface area contributed by atoms with Gasteiger partial charge in [0.15, 0.2) is 23.0 Å². The zero-order valence-corrected chi connectivity index (χ0v) is 20.3. The predicted molar refractivity (Wildman–Crippen MR) is 132 cm³/mol. The van der Waals surface area contributed by atoms with Crippen molar-refractivity contribution in [2.45, 2.75) is 13.5 Å². The standard InChI is InChI=1S/C26H21BrN2O6/c1-2-32-23-12-17(11-19-25(30)28-29(26(19)31)18-6-4-3-5-7-18)20(27)13-24(23)33-14-16-8-9-21-22(10-16)35-15-34-21/h3-13H,2,14-15H2,1H3,(H,28,30)/b19-11-. The normalized spacial score (nSPS) is 15.5. The fourth-order valence-electron chi connectivity index (χ4n) is 3.71. The molecule has 5 rings (SSSR count). The van der Waals surface area contributed by atoms with Gasteiger partial charge in [0.05, 0.1) is 12.3 Å². The van der Waals surface area contributed by atoms with Crippen LogP contribution in [0.4, 0.5) is 5.69 Å². The number of benzene rings is 3. The Morgan fingerprint density at radius 3 is 2.57 bits per heavy atom. The highest BCUT2D eigenvalue weighted by Gasteiger charge is 2.34. The molecule has 0 aliphatic carbocycles. The fourth-order valence-corrected chi connectivity index (χ4v) is 4.14. The van der Waals surface area contributed by atoms with Crippen LogP contribution >= 0.6 is 15.9 Å². The Balaban J connectivity index is 1.39. The average Bonchev–Trinajstić information content (AvgIpc) is 3.45. The number of amides is 2. The van der Waals surface area contributed by atoms with E-state index >= 15 is 0 Å². The molecule has 0 aromatic heterocycles. The van der Waals surface area contributed by atoms with Crippen LogP contribution in [0.1, 0.15) is 18.1 Å². The molecular formula is C26H21BrN2O6. The summed E-state index contributed by atoms with van der Waals surface area (Å²) in [7, 11) is 0. The van der Waals surface area contributed by atoms with Crippen LogP contribution in [0.5, 0.6) is 23.0 Å². The van der Waals surface area contributed by atoms with Crippen molar-refractivity contribution < 1.29 is 28.5 Å². The first kappa shape index (κ1) is 22.8. The zero-order chi connectivity index (χ0) is 24.4. The third kappa shape index (κ3) is 4.67. The molecular weight excluding hydrogens is 516 g/mol. The van der Waals surface area contributed by atoms with Gasteiger partial charge in [-0.1, -0.05) is 40.2 Å². The van der Waals surface area contributed by atoms with Crippen LogP contribution in [-0.2, 0) is 16.2 Å². The molecule has 1 saturated heterocycles. The molecule has 1 N–H and O–H groups in total. The van der Waals surface area contributed by atoms with Crippen molar-refractivity contribution in [3.63, 3.8) is 0 Å². The number of hydrazine groups is 1. The van der Waals surface area contributed by atoms with Gasteiger partial charge in [0, 0.05) is 4.47 Å². The molecule has 8 nitrogen and oxygen atoms in total. The lowest BCUT2D eigenvalue weighted by Gasteiger charge is -2.15. The van der Waals surface area contributed by atoms with E-state index in [0.717, 1.165) is 5.56 Å². The maximum absolute atomic E-state index is 12.9. The number of hydrogen-bond acceptors (Lipinski definition) is 6. The molecule has 0 unspecified atom stereocenters. The molecule has 2 heterocycles. The second-order valence-electron chi connectivity index (χ2n) is 7.70. The maximum Gasteiger partial charge on any atom is 0.282 e. The van der Waals surface area contributed by atoms with E-state index in [4.69, 9.17) is 18.9 Å². The van der Waals surface area contributed by atoms with Gasteiger partial charge in [-0.05, 0) is 60.5 Å². The Labute approximate surface area is 210 Å². The molecule has 3 aromatic rings. The van der Waals surface area contributed by atoms with Crippen molar-refractivity contribution >= 4 is 39.5 Å². The molecule has 0 atom stereocenters. The SMILES string of the molecule is CCOc1cc(/C=C2/C(=O)NN(c3ccccc3)C2=O)c(Br)cc1OCc1ccc2c(c1)OCO2. The topological polar surface area (TPSA) is 86.3 Å². The highest BCUT2D eigenvalue weighted by Crippen LogP contribution is 2.37. The molecule has 0 bridgehead atoms. The summed E-state index contributed by atoms with van der Waals surface area (Å²) in [4.78, 5) is 25.5. The van der Waals surface area contributed by atoms with Crippen molar-refractivity contribution in [3.05, 3.63) is 81.8 Å². The average molecular weight is 537 g/mol. The van der Waals surface area contributed by atoms with Crippen LogP contribution in [0.25, 0.3) is 6.08 Å². The summed E-state index contributed by atoms with van der Waals surface area (Å²) in [5.41, 5.74) is 4.72. The first-order chi connectivity index (χ1) is 17.0. The molecule has 9 heteroatoms. The van der Waals surface area contributed by atoms with Crippen LogP contribution in [0.15, 0.2) is 70.7 Å². The van der Waals surface area contributed by atoms with E-state index < -0.39 is 11.8 Å². The van der Waals surface area contributed by atoms with Gasteiger partial charge in [0.1, 0.15) is 12.2 Å². The summed E-state index contributed by atoms with van der Waals surface area (Å²) >= 11 is 3.53. The van der Waals surface area contributed by atoms with Crippen LogP contribution in [0.2, 0.25) is 0 Å². The first-order valence-corrected chi connectivity index (χ1v) is 11.7. The van der Waals surface area contributed by atoms with Crippen molar-refractivity contribution in [3.8, 4) is 23.0 Å². The smallest absolute Gasteiger partial charge is 0.282 e. The lowest BCUT2D eigenvalue weighted by Crippen LogP contribution is -2.35. The third-order valence-corrected chi connectivity index (χ3v) is 6.09. The zero-order valence-electron chi connectivity index (χ0n) is 18.7. The van der Waals surface area contributed by atoms with Crippen LogP contribution in [0, 0.1) is 0 Å². The third-order valence-electron chi connectivity index (χ3n) is 5.40. The number of rotatable bonds is 7. The minimum absolute atomic E-state index is 0.0195. The van der Waals surface area contributed by atoms with Gasteiger partial charge >= 0.3 is 0 Å². The molecule has 2 aliphatic rings. The van der Waals surface area contributed by atoms with Gasteiger partial charge in [-0.2, -0.15) is 0 Å². The van der Waals surface area contributed by atoms with E-state index in [1.54, 1.807) is 36.4 Å².